The normalized spacial score (nSPS) is 9.83. The molecular formula is C14H11BrN2O. The predicted molar refractivity (Wildman–Crippen MR) is 74.5 cm³/mol. The van der Waals surface area contributed by atoms with Crippen molar-refractivity contribution in [2.75, 3.05) is 5.73 Å². The van der Waals surface area contributed by atoms with Gasteiger partial charge in [0.1, 0.15) is 17.6 Å². The van der Waals surface area contributed by atoms with Crippen LogP contribution in [-0.2, 0) is 0 Å². The van der Waals surface area contributed by atoms with Gasteiger partial charge in [-0.1, -0.05) is 6.07 Å². The van der Waals surface area contributed by atoms with Crippen LogP contribution in [0.25, 0.3) is 0 Å². The van der Waals surface area contributed by atoms with Crippen molar-refractivity contribution in [2.45, 2.75) is 6.92 Å². The van der Waals surface area contributed by atoms with Crippen molar-refractivity contribution < 1.29 is 4.74 Å². The van der Waals surface area contributed by atoms with E-state index in [4.69, 9.17) is 15.7 Å². The van der Waals surface area contributed by atoms with E-state index in [2.05, 4.69) is 22.0 Å². The van der Waals surface area contributed by atoms with Gasteiger partial charge < -0.3 is 10.5 Å². The molecule has 4 heteroatoms. The van der Waals surface area contributed by atoms with E-state index in [1.54, 1.807) is 18.2 Å². The molecule has 0 aromatic heterocycles. The third kappa shape index (κ3) is 2.47. The van der Waals surface area contributed by atoms with Gasteiger partial charge in [0.15, 0.2) is 0 Å². The van der Waals surface area contributed by atoms with E-state index in [1.165, 1.54) is 0 Å². The van der Waals surface area contributed by atoms with Crippen molar-refractivity contribution in [3.8, 4) is 17.6 Å². The molecule has 0 atom stereocenters. The molecule has 0 unspecified atom stereocenters. The number of rotatable bonds is 2. The van der Waals surface area contributed by atoms with Crippen LogP contribution < -0.4 is 10.5 Å². The van der Waals surface area contributed by atoms with Crippen LogP contribution in [0.15, 0.2) is 40.9 Å². The van der Waals surface area contributed by atoms with Gasteiger partial charge in [-0.05, 0) is 53.2 Å². The summed E-state index contributed by atoms with van der Waals surface area (Å²) in [7, 11) is 0. The highest BCUT2D eigenvalue weighted by Crippen LogP contribution is 2.30. The van der Waals surface area contributed by atoms with Crippen LogP contribution in [0.1, 0.15) is 11.1 Å². The number of nitrogens with zero attached hydrogens (tertiary/aromatic N) is 1. The first-order chi connectivity index (χ1) is 8.61. The maximum Gasteiger partial charge on any atom is 0.132 e. The number of nitriles is 1. The fraction of sp³-hybridized carbons (Fsp3) is 0.0714. The number of benzene rings is 2. The molecule has 18 heavy (non-hydrogen) atoms. The molecule has 3 nitrogen and oxygen atoms in total. The van der Waals surface area contributed by atoms with Gasteiger partial charge >= 0.3 is 0 Å². The molecule has 0 heterocycles. The molecule has 0 spiro atoms. The highest BCUT2D eigenvalue weighted by atomic mass is 79.9. The summed E-state index contributed by atoms with van der Waals surface area (Å²) in [6.07, 6.45) is 0. The van der Waals surface area contributed by atoms with Crippen molar-refractivity contribution in [1.29, 1.82) is 5.26 Å². The number of hydrogen-bond acceptors (Lipinski definition) is 3. The lowest BCUT2D eigenvalue weighted by molar-refractivity contribution is 0.479. The number of nitrogens with two attached hydrogens (primary N) is 1. The summed E-state index contributed by atoms with van der Waals surface area (Å²) in [5, 5.41) is 8.84. The lowest BCUT2D eigenvalue weighted by Crippen LogP contribution is -1.93. The minimum atomic E-state index is 0.576. The number of anilines is 1. The first kappa shape index (κ1) is 12.5. The van der Waals surface area contributed by atoms with E-state index in [-0.39, 0.29) is 0 Å². The molecule has 0 saturated carbocycles. The zero-order valence-electron chi connectivity index (χ0n) is 9.77. The Balaban J connectivity index is 2.32. The maximum atomic E-state index is 8.84. The molecule has 2 N–H and O–H groups in total. The summed E-state index contributed by atoms with van der Waals surface area (Å²) >= 11 is 3.33. The summed E-state index contributed by atoms with van der Waals surface area (Å²) in [6.45, 7) is 1.91. The molecule has 0 amide bonds. The smallest absolute Gasteiger partial charge is 0.132 e. The number of hydrogen-bond donors (Lipinski definition) is 1. The quantitative estimate of drug-likeness (QED) is 0.853. The minimum Gasteiger partial charge on any atom is -0.457 e. The summed E-state index contributed by atoms with van der Waals surface area (Å²) in [5.41, 5.74) is 7.99. The average Bonchev–Trinajstić information content (AvgIpc) is 2.35. The molecule has 0 radical (unpaired) electrons. The summed E-state index contributed by atoms with van der Waals surface area (Å²) in [4.78, 5) is 0. The van der Waals surface area contributed by atoms with Crippen LogP contribution in [-0.4, -0.2) is 0 Å². The molecule has 2 aromatic rings. The zero-order valence-corrected chi connectivity index (χ0v) is 11.4. The molecule has 0 saturated heterocycles. The Labute approximate surface area is 114 Å². The monoisotopic (exact) mass is 302 g/mol. The second kappa shape index (κ2) is 5.11. The van der Waals surface area contributed by atoms with Crippen LogP contribution in [0.3, 0.4) is 0 Å². The number of ether oxygens (including phenoxy) is 1. The Bertz CT molecular complexity index is 632. The number of nitrogen functional groups attached to an aromatic ring is 1. The largest absolute Gasteiger partial charge is 0.457 e. The maximum absolute atomic E-state index is 8.84. The summed E-state index contributed by atoms with van der Waals surface area (Å²) in [5.74, 6) is 1.38. The van der Waals surface area contributed by atoms with E-state index in [9.17, 15) is 0 Å². The molecule has 2 aromatic carbocycles. The first-order valence-electron chi connectivity index (χ1n) is 5.34. The summed E-state index contributed by atoms with van der Waals surface area (Å²) in [6, 6.07) is 12.8. The van der Waals surface area contributed by atoms with Crippen molar-refractivity contribution in [3.05, 3.63) is 52.0 Å². The topological polar surface area (TPSA) is 59.0 Å². The van der Waals surface area contributed by atoms with Gasteiger partial charge in [0, 0.05) is 15.7 Å². The van der Waals surface area contributed by atoms with Crippen LogP contribution in [0, 0.1) is 18.3 Å². The lowest BCUT2D eigenvalue weighted by atomic mass is 10.2. The zero-order chi connectivity index (χ0) is 13.1. The molecule has 0 fully saturated rings. The van der Waals surface area contributed by atoms with Crippen LogP contribution in [0.5, 0.6) is 11.5 Å². The van der Waals surface area contributed by atoms with Gasteiger partial charge in [0.25, 0.3) is 0 Å². The molecule has 90 valence electrons. The van der Waals surface area contributed by atoms with Gasteiger partial charge in [0.05, 0.1) is 5.56 Å². The van der Waals surface area contributed by atoms with E-state index in [1.807, 2.05) is 25.1 Å². The third-order valence-electron chi connectivity index (χ3n) is 2.61. The SMILES string of the molecule is Cc1c(N)cccc1Oc1ccc(C#N)c(Br)c1. The standard InChI is InChI=1S/C14H11BrN2O/c1-9-13(17)3-2-4-14(9)18-11-6-5-10(8-16)12(15)7-11/h2-7H,17H2,1H3. The van der Waals surface area contributed by atoms with Gasteiger partial charge in [-0.25, -0.2) is 0 Å². The van der Waals surface area contributed by atoms with E-state index < -0.39 is 0 Å². The van der Waals surface area contributed by atoms with Gasteiger partial charge in [-0.15, -0.1) is 0 Å². The minimum absolute atomic E-state index is 0.576. The van der Waals surface area contributed by atoms with Crippen molar-refractivity contribution in [2.24, 2.45) is 0 Å². The molecule has 0 aliphatic heterocycles. The van der Waals surface area contributed by atoms with E-state index in [0.29, 0.717) is 27.2 Å². The van der Waals surface area contributed by atoms with Crippen LogP contribution >= 0.6 is 15.9 Å². The molecule has 2 rings (SSSR count). The number of halogens is 1. The average molecular weight is 303 g/mol. The van der Waals surface area contributed by atoms with E-state index in [0.717, 1.165) is 5.56 Å². The Morgan fingerprint density at radius 1 is 1.28 bits per heavy atom. The van der Waals surface area contributed by atoms with Crippen molar-refractivity contribution in [3.63, 3.8) is 0 Å². The lowest BCUT2D eigenvalue weighted by Gasteiger charge is -2.10. The highest BCUT2D eigenvalue weighted by Gasteiger charge is 2.06. The Morgan fingerprint density at radius 3 is 2.72 bits per heavy atom. The fourth-order valence-corrected chi connectivity index (χ4v) is 1.97. The Morgan fingerprint density at radius 2 is 2.06 bits per heavy atom. The molecule has 0 aliphatic carbocycles. The van der Waals surface area contributed by atoms with Gasteiger partial charge in [-0.3, -0.25) is 0 Å². The highest BCUT2D eigenvalue weighted by molar-refractivity contribution is 9.10. The van der Waals surface area contributed by atoms with Gasteiger partial charge in [-0.2, -0.15) is 5.26 Å². The second-order valence-electron chi connectivity index (χ2n) is 3.83. The van der Waals surface area contributed by atoms with Crippen LogP contribution in [0.4, 0.5) is 5.69 Å². The fourth-order valence-electron chi connectivity index (χ4n) is 1.52. The first-order valence-corrected chi connectivity index (χ1v) is 6.13. The summed E-state index contributed by atoms with van der Waals surface area (Å²) < 4.78 is 6.46. The second-order valence-corrected chi connectivity index (χ2v) is 4.68. The third-order valence-corrected chi connectivity index (χ3v) is 3.27. The van der Waals surface area contributed by atoms with Crippen LogP contribution in [0.2, 0.25) is 0 Å². The van der Waals surface area contributed by atoms with Crippen molar-refractivity contribution >= 4 is 21.6 Å². The van der Waals surface area contributed by atoms with Gasteiger partial charge in [0.2, 0.25) is 0 Å². The molecule has 0 bridgehead atoms. The van der Waals surface area contributed by atoms with Crippen molar-refractivity contribution in [1.82, 2.24) is 0 Å². The van der Waals surface area contributed by atoms with E-state index >= 15 is 0 Å². The Hall–Kier alpha value is -1.99. The molecular weight excluding hydrogens is 292 g/mol. The Kier molecular flexibility index (Phi) is 3.54. The molecule has 0 aliphatic rings. The predicted octanol–water partition coefficient (Wildman–Crippen LogP) is 4.00.